The lowest BCUT2D eigenvalue weighted by atomic mass is 9.89. The van der Waals surface area contributed by atoms with Crippen molar-refractivity contribution in [2.24, 2.45) is 5.92 Å². The van der Waals surface area contributed by atoms with E-state index < -0.39 is 0 Å². The predicted octanol–water partition coefficient (Wildman–Crippen LogP) is 3.00. The van der Waals surface area contributed by atoms with Gasteiger partial charge >= 0.3 is 0 Å². The third-order valence-corrected chi connectivity index (χ3v) is 5.19. The van der Waals surface area contributed by atoms with Crippen LogP contribution in [0.1, 0.15) is 17.8 Å². The van der Waals surface area contributed by atoms with Gasteiger partial charge < -0.3 is 10.6 Å². The van der Waals surface area contributed by atoms with Crippen LogP contribution in [0.3, 0.4) is 0 Å². The van der Waals surface area contributed by atoms with Crippen molar-refractivity contribution in [1.29, 1.82) is 0 Å². The van der Waals surface area contributed by atoms with E-state index in [1.54, 1.807) is 16.0 Å². The molecule has 1 aromatic carbocycles. The van der Waals surface area contributed by atoms with Gasteiger partial charge in [0.05, 0.1) is 5.92 Å². The van der Waals surface area contributed by atoms with Crippen molar-refractivity contribution in [3.05, 3.63) is 59.0 Å². The second kappa shape index (κ2) is 6.09. The molecule has 4 rings (SSSR count). The van der Waals surface area contributed by atoms with Gasteiger partial charge in [-0.15, -0.1) is 11.3 Å². The van der Waals surface area contributed by atoms with E-state index in [0.29, 0.717) is 5.95 Å². The van der Waals surface area contributed by atoms with Gasteiger partial charge in [-0.1, -0.05) is 24.3 Å². The number of carbonyl (C=O) groups excluding carboxylic acids is 1. The van der Waals surface area contributed by atoms with Crippen LogP contribution in [0.25, 0.3) is 0 Å². The van der Waals surface area contributed by atoms with Gasteiger partial charge in [0.1, 0.15) is 12.4 Å². The molecule has 0 fully saturated rings. The second-order valence-electron chi connectivity index (χ2n) is 5.80. The van der Waals surface area contributed by atoms with Crippen LogP contribution in [0.5, 0.6) is 0 Å². The van der Waals surface area contributed by atoms with Gasteiger partial charge in [0.15, 0.2) is 0 Å². The zero-order valence-electron chi connectivity index (χ0n) is 13.1. The molecule has 6 nitrogen and oxygen atoms in total. The third-order valence-electron chi connectivity index (χ3n) is 4.25. The maximum absolute atomic E-state index is 13.0. The van der Waals surface area contributed by atoms with E-state index in [1.165, 1.54) is 6.33 Å². The SMILES string of the molecule is C[C@@H]1Nc2ncnn2[C@H](c2cccs2)[C@H]1C(=O)Nc1ccccc1. The van der Waals surface area contributed by atoms with Crippen LogP contribution in [0.4, 0.5) is 11.6 Å². The molecule has 0 spiro atoms. The first-order valence-corrected chi connectivity index (χ1v) is 8.67. The summed E-state index contributed by atoms with van der Waals surface area (Å²) < 4.78 is 1.81. The van der Waals surface area contributed by atoms with Crippen LogP contribution in [-0.4, -0.2) is 26.7 Å². The number of aromatic nitrogens is 3. The Balaban J connectivity index is 1.71. The normalized spacial score (nSPS) is 22.5. The number of hydrogen-bond acceptors (Lipinski definition) is 5. The molecule has 2 N–H and O–H groups in total. The minimum absolute atomic E-state index is 0.0271. The molecule has 0 bridgehead atoms. The van der Waals surface area contributed by atoms with Crippen LogP contribution in [0, 0.1) is 5.92 Å². The molecule has 0 radical (unpaired) electrons. The lowest BCUT2D eigenvalue weighted by Gasteiger charge is -2.36. The average Bonchev–Trinajstić information content (AvgIpc) is 3.25. The molecule has 0 saturated heterocycles. The third kappa shape index (κ3) is 2.56. The number of benzene rings is 1. The summed E-state index contributed by atoms with van der Waals surface area (Å²) in [6.07, 6.45) is 1.52. The molecule has 3 heterocycles. The summed E-state index contributed by atoms with van der Waals surface area (Å²) in [6.45, 7) is 2.01. The minimum atomic E-state index is -0.293. The Hall–Kier alpha value is -2.67. The molecule has 24 heavy (non-hydrogen) atoms. The van der Waals surface area contributed by atoms with E-state index >= 15 is 0 Å². The van der Waals surface area contributed by atoms with Crippen molar-refractivity contribution in [2.45, 2.75) is 19.0 Å². The van der Waals surface area contributed by atoms with Crippen molar-refractivity contribution >= 4 is 28.9 Å². The minimum Gasteiger partial charge on any atom is -0.351 e. The molecule has 1 aliphatic rings. The standard InChI is InChI=1S/C17H17N5OS/c1-11-14(16(23)21-12-6-3-2-4-7-12)15(13-8-5-9-24-13)22-17(20-11)18-10-19-22/h2-11,14-15H,1H3,(H,21,23)(H,18,19,20)/t11-,14-,15+/m0/s1. The van der Waals surface area contributed by atoms with Crippen LogP contribution in [0.2, 0.25) is 0 Å². The number of nitrogens with zero attached hydrogens (tertiary/aromatic N) is 3. The molecule has 2 aromatic heterocycles. The van der Waals surface area contributed by atoms with Crippen LogP contribution < -0.4 is 10.6 Å². The first-order valence-electron chi connectivity index (χ1n) is 7.79. The highest BCUT2D eigenvalue weighted by molar-refractivity contribution is 7.10. The number of amides is 1. The Kier molecular flexibility index (Phi) is 3.78. The summed E-state index contributed by atoms with van der Waals surface area (Å²) >= 11 is 1.63. The van der Waals surface area contributed by atoms with Crippen molar-refractivity contribution in [1.82, 2.24) is 14.8 Å². The molecular formula is C17H17N5OS. The van der Waals surface area contributed by atoms with Crippen molar-refractivity contribution in [3.8, 4) is 0 Å². The van der Waals surface area contributed by atoms with E-state index in [1.807, 2.05) is 54.8 Å². The highest BCUT2D eigenvalue weighted by Crippen LogP contribution is 2.38. The van der Waals surface area contributed by atoms with Gasteiger partial charge in [0, 0.05) is 16.6 Å². The van der Waals surface area contributed by atoms with Crippen molar-refractivity contribution in [3.63, 3.8) is 0 Å². The fourth-order valence-electron chi connectivity index (χ4n) is 3.15. The molecular weight excluding hydrogens is 322 g/mol. The quantitative estimate of drug-likeness (QED) is 0.769. The first kappa shape index (κ1) is 14.9. The Bertz CT molecular complexity index is 830. The number of anilines is 2. The topological polar surface area (TPSA) is 71.8 Å². The number of nitrogens with one attached hydrogen (secondary N) is 2. The first-order chi connectivity index (χ1) is 11.7. The van der Waals surface area contributed by atoms with Gasteiger partial charge in [-0.3, -0.25) is 4.79 Å². The summed E-state index contributed by atoms with van der Waals surface area (Å²) in [7, 11) is 0. The van der Waals surface area contributed by atoms with Gasteiger partial charge in [-0.05, 0) is 30.5 Å². The zero-order valence-corrected chi connectivity index (χ0v) is 13.9. The maximum atomic E-state index is 13.0. The van der Waals surface area contributed by atoms with Crippen LogP contribution in [0.15, 0.2) is 54.2 Å². The van der Waals surface area contributed by atoms with Crippen LogP contribution >= 0.6 is 11.3 Å². The van der Waals surface area contributed by atoms with Gasteiger partial charge in [-0.2, -0.15) is 10.1 Å². The zero-order chi connectivity index (χ0) is 16.5. The largest absolute Gasteiger partial charge is 0.351 e. The molecule has 3 aromatic rings. The fourth-order valence-corrected chi connectivity index (χ4v) is 4.01. The smallest absolute Gasteiger partial charge is 0.232 e. The Morgan fingerprint density at radius 1 is 1.25 bits per heavy atom. The summed E-state index contributed by atoms with van der Waals surface area (Å²) in [5, 5.41) is 12.7. The van der Waals surface area contributed by atoms with Gasteiger partial charge in [0.25, 0.3) is 0 Å². The molecule has 7 heteroatoms. The number of hydrogen-bond donors (Lipinski definition) is 2. The molecule has 1 aliphatic heterocycles. The molecule has 0 saturated carbocycles. The number of rotatable bonds is 3. The number of carbonyl (C=O) groups is 1. The second-order valence-corrected chi connectivity index (χ2v) is 6.78. The Morgan fingerprint density at radius 2 is 2.08 bits per heavy atom. The summed E-state index contributed by atoms with van der Waals surface area (Å²) in [4.78, 5) is 18.4. The van der Waals surface area contributed by atoms with E-state index in [-0.39, 0.29) is 23.9 Å². The lowest BCUT2D eigenvalue weighted by Crippen LogP contribution is -2.46. The molecule has 122 valence electrons. The fraction of sp³-hybridized carbons (Fsp3) is 0.235. The monoisotopic (exact) mass is 339 g/mol. The molecule has 0 unspecified atom stereocenters. The van der Waals surface area contributed by atoms with E-state index in [2.05, 4.69) is 20.7 Å². The number of thiophene rings is 1. The number of fused-ring (bicyclic) bond motifs is 1. The Morgan fingerprint density at radius 3 is 2.83 bits per heavy atom. The summed E-state index contributed by atoms with van der Waals surface area (Å²) in [6, 6.07) is 13.3. The lowest BCUT2D eigenvalue weighted by molar-refractivity contribution is -0.121. The summed E-state index contributed by atoms with van der Waals surface area (Å²) in [5.41, 5.74) is 0.795. The van der Waals surface area contributed by atoms with Crippen molar-refractivity contribution < 1.29 is 4.79 Å². The maximum Gasteiger partial charge on any atom is 0.232 e. The molecule has 0 aliphatic carbocycles. The van der Waals surface area contributed by atoms with E-state index in [4.69, 9.17) is 0 Å². The highest BCUT2D eigenvalue weighted by atomic mass is 32.1. The van der Waals surface area contributed by atoms with Gasteiger partial charge in [-0.25, -0.2) is 4.68 Å². The highest BCUT2D eigenvalue weighted by Gasteiger charge is 2.41. The van der Waals surface area contributed by atoms with E-state index in [9.17, 15) is 4.79 Å². The summed E-state index contributed by atoms with van der Waals surface area (Å²) in [5.74, 6) is 0.378. The average molecular weight is 339 g/mol. The van der Waals surface area contributed by atoms with Crippen LogP contribution in [-0.2, 0) is 4.79 Å². The van der Waals surface area contributed by atoms with E-state index in [0.717, 1.165) is 10.6 Å². The Labute approximate surface area is 143 Å². The molecule has 1 amide bonds. The van der Waals surface area contributed by atoms with Crippen molar-refractivity contribution in [2.75, 3.05) is 10.6 Å². The van der Waals surface area contributed by atoms with Gasteiger partial charge in [0.2, 0.25) is 11.9 Å². The molecule has 3 atom stereocenters. The number of para-hydroxylation sites is 1. The predicted molar refractivity (Wildman–Crippen MR) is 94.1 cm³/mol.